The van der Waals surface area contributed by atoms with Crippen molar-refractivity contribution >= 4 is 28.2 Å². The van der Waals surface area contributed by atoms with Crippen molar-refractivity contribution < 1.29 is 14.5 Å². The van der Waals surface area contributed by atoms with E-state index in [1.54, 1.807) is 7.05 Å². The van der Waals surface area contributed by atoms with Crippen molar-refractivity contribution in [3.63, 3.8) is 0 Å². The summed E-state index contributed by atoms with van der Waals surface area (Å²) in [6.07, 6.45) is 1.83. The number of aromatic amines is 1. The number of nitro groups is 1. The molecule has 1 aromatic heterocycles. The molecule has 7 nitrogen and oxygen atoms in total. The molecule has 0 aliphatic rings. The molecule has 0 saturated heterocycles. The van der Waals surface area contributed by atoms with Crippen molar-refractivity contribution in [3.8, 4) is 5.75 Å². The number of hydrogen-bond acceptors (Lipinski definition) is 4. The molecule has 0 saturated carbocycles. The summed E-state index contributed by atoms with van der Waals surface area (Å²) < 4.78 is 5.01. The molecular formula is C17H15N3O4. The molecule has 1 amide bonds. The summed E-state index contributed by atoms with van der Waals surface area (Å²) in [5, 5.41) is 12.0. The molecule has 7 heteroatoms. The second-order valence-corrected chi connectivity index (χ2v) is 5.26. The van der Waals surface area contributed by atoms with Crippen molar-refractivity contribution in [3.05, 3.63) is 64.3 Å². The Hall–Kier alpha value is -3.35. The van der Waals surface area contributed by atoms with Crippen LogP contribution in [-0.4, -0.2) is 30.0 Å². The third-order valence-electron chi connectivity index (χ3n) is 3.85. The summed E-state index contributed by atoms with van der Waals surface area (Å²) in [5.74, 6) is -0.229. The number of methoxy groups -OCH3 is 1. The van der Waals surface area contributed by atoms with E-state index in [2.05, 4.69) is 4.98 Å². The van der Waals surface area contributed by atoms with E-state index in [4.69, 9.17) is 4.74 Å². The van der Waals surface area contributed by atoms with E-state index >= 15 is 0 Å². The van der Waals surface area contributed by atoms with Crippen molar-refractivity contribution in [2.24, 2.45) is 0 Å². The molecule has 0 bridgehead atoms. The number of nitrogens with one attached hydrogen (secondary N) is 1. The van der Waals surface area contributed by atoms with Gasteiger partial charge in [0.15, 0.2) is 5.75 Å². The van der Waals surface area contributed by atoms with Crippen molar-refractivity contribution in [2.45, 2.75) is 0 Å². The van der Waals surface area contributed by atoms with Gasteiger partial charge in [0.05, 0.1) is 12.0 Å². The number of rotatable bonds is 4. The fourth-order valence-corrected chi connectivity index (χ4v) is 2.52. The van der Waals surface area contributed by atoms with E-state index in [0.29, 0.717) is 11.3 Å². The standard InChI is InChI=1S/C17H15N3O4/c1-19(13-5-3-11-7-8-18-14(11)10-13)17(21)12-4-6-15(20(22)23)16(9-12)24-2/h3-10,18H,1-2H3. The van der Waals surface area contributed by atoms with Crippen molar-refractivity contribution in [1.82, 2.24) is 4.98 Å². The monoisotopic (exact) mass is 325 g/mol. The Balaban J connectivity index is 1.94. The zero-order valence-electron chi connectivity index (χ0n) is 13.1. The molecule has 24 heavy (non-hydrogen) atoms. The maximum Gasteiger partial charge on any atom is 0.310 e. The molecule has 122 valence electrons. The molecule has 0 aliphatic carbocycles. The molecule has 0 fully saturated rings. The van der Waals surface area contributed by atoms with Crippen molar-refractivity contribution in [2.75, 3.05) is 19.1 Å². The van der Waals surface area contributed by atoms with Crippen molar-refractivity contribution in [1.29, 1.82) is 0 Å². The highest BCUT2D eigenvalue weighted by Crippen LogP contribution is 2.29. The lowest BCUT2D eigenvalue weighted by Crippen LogP contribution is -2.26. The van der Waals surface area contributed by atoms with Gasteiger partial charge in [-0.15, -0.1) is 0 Å². The van der Waals surface area contributed by atoms with E-state index in [9.17, 15) is 14.9 Å². The smallest absolute Gasteiger partial charge is 0.310 e. The Morgan fingerprint density at radius 3 is 2.71 bits per heavy atom. The van der Waals surface area contributed by atoms with Crippen LogP contribution in [0.4, 0.5) is 11.4 Å². The molecule has 0 aliphatic heterocycles. The molecular weight excluding hydrogens is 310 g/mol. The molecule has 1 heterocycles. The SMILES string of the molecule is COc1cc(C(=O)N(C)c2ccc3cc[nH]c3c2)ccc1[N+](=O)[O-]. The normalized spacial score (nSPS) is 10.6. The Morgan fingerprint density at radius 1 is 1.21 bits per heavy atom. The van der Waals surface area contributed by atoms with Crippen LogP contribution in [0, 0.1) is 10.1 Å². The molecule has 0 atom stereocenters. The first kappa shape index (κ1) is 15.5. The second-order valence-electron chi connectivity index (χ2n) is 5.26. The number of benzene rings is 2. The maximum absolute atomic E-state index is 12.7. The highest BCUT2D eigenvalue weighted by Gasteiger charge is 2.20. The number of ether oxygens (including phenoxy) is 1. The number of nitro benzene ring substituents is 1. The predicted octanol–water partition coefficient (Wildman–Crippen LogP) is 3.36. The van der Waals surface area contributed by atoms with Crippen LogP contribution in [-0.2, 0) is 0 Å². The van der Waals surface area contributed by atoms with Gasteiger partial charge in [0.25, 0.3) is 5.91 Å². The van der Waals surface area contributed by atoms with Gasteiger partial charge >= 0.3 is 5.69 Å². The second kappa shape index (κ2) is 6.04. The van der Waals surface area contributed by atoms with Crippen LogP contribution in [0.5, 0.6) is 5.75 Å². The summed E-state index contributed by atoms with van der Waals surface area (Å²) in [5.41, 5.74) is 1.77. The summed E-state index contributed by atoms with van der Waals surface area (Å²) in [7, 11) is 2.99. The van der Waals surface area contributed by atoms with Gasteiger partial charge in [0, 0.05) is 42.1 Å². The fourth-order valence-electron chi connectivity index (χ4n) is 2.52. The topological polar surface area (TPSA) is 88.5 Å². The number of H-pyrrole nitrogens is 1. The lowest BCUT2D eigenvalue weighted by Gasteiger charge is -2.18. The van der Waals surface area contributed by atoms with Gasteiger partial charge in [-0.3, -0.25) is 14.9 Å². The molecule has 2 aromatic carbocycles. The van der Waals surface area contributed by atoms with E-state index in [1.807, 2.05) is 30.5 Å². The summed E-state index contributed by atoms with van der Waals surface area (Å²) in [4.78, 5) is 27.6. The van der Waals surface area contributed by atoms with E-state index in [-0.39, 0.29) is 17.3 Å². The molecule has 0 unspecified atom stereocenters. The molecule has 0 spiro atoms. The average Bonchev–Trinajstić information content (AvgIpc) is 3.07. The third-order valence-corrected chi connectivity index (χ3v) is 3.85. The van der Waals surface area contributed by atoms with Gasteiger partial charge in [-0.25, -0.2) is 0 Å². The third kappa shape index (κ3) is 2.67. The summed E-state index contributed by atoms with van der Waals surface area (Å²) in [6.45, 7) is 0. The first-order valence-electron chi connectivity index (χ1n) is 7.19. The minimum Gasteiger partial charge on any atom is -0.490 e. The van der Waals surface area contributed by atoms with Gasteiger partial charge in [-0.2, -0.15) is 0 Å². The quantitative estimate of drug-likeness (QED) is 0.588. The number of fused-ring (bicyclic) bond motifs is 1. The number of amides is 1. The number of anilines is 1. The lowest BCUT2D eigenvalue weighted by atomic mass is 10.1. The molecule has 1 N–H and O–H groups in total. The fraction of sp³-hybridized carbons (Fsp3) is 0.118. The van der Waals surface area contributed by atoms with E-state index in [0.717, 1.165) is 10.9 Å². The predicted molar refractivity (Wildman–Crippen MR) is 90.7 cm³/mol. The minimum absolute atomic E-state index is 0.0547. The minimum atomic E-state index is -0.546. The summed E-state index contributed by atoms with van der Waals surface area (Å²) in [6, 6.07) is 11.7. The first-order valence-corrected chi connectivity index (χ1v) is 7.19. The first-order chi connectivity index (χ1) is 11.5. The van der Waals surface area contributed by atoms with Gasteiger partial charge in [0.1, 0.15) is 0 Å². The number of nitrogens with zero attached hydrogens (tertiary/aromatic N) is 2. The number of carbonyl (C=O) groups excluding carboxylic acids is 1. The zero-order chi connectivity index (χ0) is 17.3. The molecule has 3 rings (SSSR count). The van der Waals surface area contributed by atoms with Gasteiger partial charge in [-0.05, 0) is 29.7 Å². The average molecular weight is 325 g/mol. The largest absolute Gasteiger partial charge is 0.490 e. The Bertz CT molecular complexity index is 932. The van der Waals surface area contributed by atoms with Gasteiger partial charge in [-0.1, -0.05) is 6.07 Å². The van der Waals surface area contributed by atoms with E-state index in [1.165, 1.54) is 30.2 Å². The highest BCUT2D eigenvalue weighted by molar-refractivity contribution is 6.07. The lowest BCUT2D eigenvalue weighted by molar-refractivity contribution is -0.385. The summed E-state index contributed by atoms with van der Waals surface area (Å²) >= 11 is 0. The zero-order valence-corrected chi connectivity index (χ0v) is 13.1. The highest BCUT2D eigenvalue weighted by atomic mass is 16.6. The Kier molecular flexibility index (Phi) is 3.91. The van der Waals surface area contributed by atoms with Crippen LogP contribution in [0.2, 0.25) is 0 Å². The van der Waals surface area contributed by atoms with E-state index < -0.39 is 4.92 Å². The van der Waals surface area contributed by atoms with Crippen LogP contribution < -0.4 is 9.64 Å². The maximum atomic E-state index is 12.7. The van der Waals surface area contributed by atoms with Crippen LogP contribution in [0.1, 0.15) is 10.4 Å². The van der Waals surface area contributed by atoms with Crippen LogP contribution in [0.15, 0.2) is 48.7 Å². The van der Waals surface area contributed by atoms with Crippen LogP contribution >= 0.6 is 0 Å². The van der Waals surface area contributed by atoms with Crippen LogP contribution in [0.25, 0.3) is 10.9 Å². The molecule has 0 radical (unpaired) electrons. The number of carbonyl (C=O) groups is 1. The number of aromatic nitrogens is 1. The Morgan fingerprint density at radius 2 is 2.00 bits per heavy atom. The van der Waals surface area contributed by atoms with Crippen LogP contribution in [0.3, 0.4) is 0 Å². The van der Waals surface area contributed by atoms with Gasteiger partial charge < -0.3 is 14.6 Å². The van der Waals surface area contributed by atoms with Gasteiger partial charge in [0.2, 0.25) is 0 Å². The number of hydrogen-bond donors (Lipinski definition) is 1. The Labute approximate surface area is 137 Å². The molecule has 3 aromatic rings.